The Morgan fingerprint density at radius 2 is 2.00 bits per heavy atom. The van der Waals surface area contributed by atoms with Gasteiger partial charge in [-0.05, 0) is 37.7 Å². The number of aryl methyl sites for hydroxylation is 1. The van der Waals surface area contributed by atoms with Gasteiger partial charge in [0.1, 0.15) is 0 Å². The first-order valence-corrected chi connectivity index (χ1v) is 7.68. The molecule has 2 aromatic rings. The van der Waals surface area contributed by atoms with Crippen molar-refractivity contribution in [3.63, 3.8) is 0 Å². The molecule has 1 fully saturated rings. The van der Waals surface area contributed by atoms with Crippen molar-refractivity contribution in [2.45, 2.75) is 38.3 Å². The van der Waals surface area contributed by atoms with Crippen molar-refractivity contribution in [1.29, 1.82) is 0 Å². The molecule has 0 aliphatic heterocycles. The third-order valence-electron chi connectivity index (χ3n) is 4.72. The Kier molecular flexibility index (Phi) is 4.11. The standard InChI is InChI=1S/C16H21N3O3/c1-18-14-9-17-8-7-13(14)15(20)19(16(18)21)10-11-3-5-12(22-2)6-4-11/h7-9,11-12H,3-6,10H2,1-2H3. The summed E-state index contributed by atoms with van der Waals surface area (Å²) in [6.07, 6.45) is 7.43. The molecule has 3 rings (SSSR count). The number of hydrogen-bond acceptors (Lipinski definition) is 4. The summed E-state index contributed by atoms with van der Waals surface area (Å²) in [6.45, 7) is 0.486. The highest BCUT2D eigenvalue weighted by molar-refractivity contribution is 5.76. The molecule has 0 radical (unpaired) electrons. The Morgan fingerprint density at radius 1 is 1.27 bits per heavy atom. The lowest BCUT2D eigenvalue weighted by molar-refractivity contribution is 0.0538. The van der Waals surface area contributed by atoms with Crippen LogP contribution in [0.4, 0.5) is 0 Å². The third kappa shape index (κ3) is 2.59. The molecule has 1 saturated carbocycles. The minimum absolute atomic E-state index is 0.214. The van der Waals surface area contributed by atoms with Gasteiger partial charge in [-0.2, -0.15) is 0 Å². The molecular weight excluding hydrogens is 282 g/mol. The fourth-order valence-electron chi connectivity index (χ4n) is 3.32. The molecule has 2 heterocycles. The summed E-state index contributed by atoms with van der Waals surface area (Å²) in [5.41, 5.74) is 0.102. The fourth-order valence-corrected chi connectivity index (χ4v) is 3.32. The van der Waals surface area contributed by atoms with E-state index in [9.17, 15) is 9.59 Å². The zero-order valence-electron chi connectivity index (χ0n) is 13.0. The normalized spacial score (nSPS) is 22.1. The van der Waals surface area contributed by atoms with Crippen molar-refractivity contribution in [2.75, 3.05) is 7.11 Å². The van der Waals surface area contributed by atoms with Crippen molar-refractivity contribution in [3.05, 3.63) is 39.3 Å². The highest BCUT2D eigenvalue weighted by Gasteiger charge is 2.22. The molecule has 0 unspecified atom stereocenters. The molecule has 1 aliphatic carbocycles. The van der Waals surface area contributed by atoms with Crippen LogP contribution >= 0.6 is 0 Å². The average Bonchev–Trinajstić information content (AvgIpc) is 2.57. The van der Waals surface area contributed by atoms with Crippen molar-refractivity contribution in [2.24, 2.45) is 13.0 Å². The molecule has 0 amide bonds. The smallest absolute Gasteiger partial charge is 0.331 e. The lowest BCUT2D eigenvalue weighted by Crippen LogP contribution is -2.41. The summed E-state index contributed by atoms with van der Waals surface area (Å²) in [5.74, 6) is 0.357. The van der Waals surface area contributed by atoms with E-state index in [0.717, 1.165) is 25.7 Å². The minimum Gasteiger partial charge on any atom is -0.381 e. The molecule has 0 saturated heterocycles. The maximum absolute atomic E-state index is 12.6. The van der Waals surface area contributed by atoms with E-state index in [4.69, 9.17) is 4.74 Å². The highest BCUT2D eigenvalue weighted by atomic mass is 16.5. The number of fused-ring (bicyclic) bond motifs is 1. The van der Waals surface area contributed by atoms with Gasteiger partial charge in [0.05, 0.1) is 23.2 Å². The van der Waals surface area contributed by atoms with E-state index in [0.29, 0.717) is 29.5 Å². The zero-order valence-corrected chi connectivity index (χ0v) is 13.0. The lowest BCUT2D eigenvalue weighted by Gasteiger charge is -2.27. The van der Waals surface area contributed by atoms with E-state index in [1.54, 1.807) is 32.6 Å². The van der Waals surface area contributed by atoms with Gasteiger partial charge < -0.3 is 4.74 Å². The Hall–Kier alpha value is -1.95. The van der Waals surface area contributed by atoms with Crippen LogP contribution in [0.3, 0.4) is 0 Å². The van der Waals surface area contributed by atoms with Gasteiger partial charge in [-0.15, -0.1) is 0 Å². The maximum atomic E-state index is 12.6. The Balaban J connectivity index is 1.95. The predicted octanol–water partition coefficient (Wildman–Crippen LogP) is 1.30. The van der Waals surface area contributed by atoms with Crippen LogP contribution in [-0.4, -0.2) is 27.3 Å². The predicted molar refractivity (Wildman–Crippen MR) is 84.0 cm³/mol. The first kappa shape index (κ1) is 15.0. The summed E-state index contributed by atoms with van der Waals surface area (Å²) in [7, 11) is 3.42. The van der Waals surface area contributed by atoms with Crippen LogP contribution in [0.15, 0.2) is 28.0 Å². The van der Waals surface area contributed by atoms with Gasteiger partial charge in [0.25, 0.3) is 5.56 Å². The van der Waals surface area contributed by atoms with Crippen LogP contribution in [0, 0.1) is 5.92 Å². The highest BCUT2D eigenvalue weighted by Crippen LogP contribution is 2.26. The molecule has 1 aliphatic rings. The molecule has 0 N–H and O–H groups in total. The van der Waals surface area contributed by atoms with Gasteiger partial charge in [-0.25, -0.2) is 4.79 Å². The lowest BCUT2D eigenvalue weighted by atomic mass is 9.87. The molecule has 22 heavy (non-hydrogen) atoms. The van der Waals surface area contributed by atoms with Gasteiger partial charge in [-0.1, -0.05) is 0 Å². The largest absolute Gasteiger partial charge is 0.381 e. The number of hydrogen-bond donors (Lipinski definition) is 0. The molecule has 0 aromatic carbocycles. The monoisotopic (exact) mass is 303 g/mol. The van der Waals surface area contributed by atoms with E-state index in [2.05, 4.69) is 4.98 Å². The number of ether oxygens (including phenoxy) is 1. The Labute approximate surface area is 128 Å². The Morgan fingerprint density at radius 3 is 2.68 bits per heavy atom. The van der Waals surface area contributed by atoms with Gasteiger partial charge in [0, 0.05) is 26.9 Å². The van der Waals surface area contributed by atoms with E-state index in [1.807, 2.05) is 0 Å². The van der Waals surface area contributed by atoms with E-state index < -0.39 is 0 Å². The van der Waals surface area contributed by atoms with E-state index in [1.165, 1.54) is 9.13 Å². The topological polar surface area (TPSA) is 66.1 Å². The fraction of sp³-hybridized carbons (Fsp3) is 0.562. The molecule has 0 bridgehead atoms. The second-order valence-electron chi connectivity index (χ2n) is 6.03. The summed E-state index contributed by atoms with van der Waals surface area (Å²) in [4.78, 5) is 29.1. The number of aromatic nitrogens is 3. The van der Waals surface area contributed by atoms with Crippen LogP contribution in [0.2, 0.25) is 0 Å². The van der Waals surface area contributed by atoms with Crippen LogP contribution in [0.25, 0.3) is 10.9 Å². The maximum Gasteiger partial charge on any atom is 0.331 e. The van der Waals surface area contributed by atoms with Crippen LogP contribution in [-0.2, 0) is 18.3 Å². The summed E-state index contributed by atoms with van der Waals surface area (Å²) in [5, 5.41) is 0.544. The summed E-state index contributed by atoms with van der Waals surface area (Å²) >= 11 is 0. The van der Waals surface area contributed by atoms with E-state index >= 15 is 0 Å². The summed E-state index contributed by atoms with van der Waals surface area (Å²) in [6, 6.07) is 1.68. The first-order chi connectivity index (χ1) is 10.6. The molecular formula is C16H21N3O3. The molecule has 6 heteroatoms. The quantitative estimate of drug-likeness (QED) is 0.857. The van der Waals surface area contributed by atoms with Gasteiger partial charge in [0.15, 0.2) is 0 Å². The third-order valence-corrected chi connectivity index (χ3v) is 4.72. The van der Waals surface area contributed by atoms with Gasteiger partial charge in [0.2, 0.25) is 0 Å². The number of nitrogens with zero attached hydrogens (tertiary/aromatic N) is 3. The van der Waals surface area contributed by atoms with Crippen molar-refractivity contribution < 1.29 is 4.74 Å². The van der Waals surface area contributed by atoms with Gasteiger partial charge in [-0.3, -0.25) is 18.9 Å². The van der Waals surface area contributed by atoms with Gasteiger partial charge >= 0.3 is 5.69 Å². The van der Waals surface area contributed by atoms with Crippen molar-refractivity contribution >= 4 is 10.9 Å². The molecule has 0 spiro atoms. The van der Waals surface area contributed by atoms with Crippen molar-refractivity contribution in [1.82, 2.24) is 14.1 Å². The van der Waals surface area contributed by atoms with E-state index in [-0.39, 0.29) is 11.2 Å². The van der Waals surface area contributed by atoms with Crippen LogP contribution in [0.5, 0.6) is 0 Å². The number of rotatable bonds is 3. The summed E-state index contributed by atoms with van der Waals surface area (Å²) < 4.78 is 8.25. The van der Waals surface area contributed by atoms with Crippen molar-refractivity contribution in [3.8, 4) is 0 Å². The number of pyridine rings is 1. The average molecular weight is 303 g/mol. The zero-order chi connectivity index (χ0) is 15.7. The number of methoxy groups -OCH3 is 1. The second kappa shape index (κ2) is 6.04. The molecule has 118 valence electrons. The van der Waals surface area contributed by atoms with Crippen LogP contribution < -0.4 is 11.2 Å². The van der Waals surface area contributed by atoms with Crippen LogP contribution in [0.1, 0.15) is 25.7 Å². The first-order valence-electron chi connectivity index (χ1n) is 7.68. The molecule has 6 nitrogen and oxygen atoms in total. The second-order valence-corrected chi connectivity index (χ2v) is 6.03. The Bertz CT molecular complexity index is 785. The molecule has 0 atom stereocenters. The molecule has 2 aromatic heterocycles. The SMILES string of the molecule is COC1CCC(Cn2c(=O)c3ccncc3n(C)c2=O)CC1. The minimum atomic E-state index is -0.264.